The summed E-state index contributed by atoms with van der Waals surface area (Å²) < 4.78 is 10.1. The van der Waals surface area contributed by atoms with Crippen molar-refractivity contribution in [3.63, 3.8) is 0 Å². The molecule has 0 saturated heterocycles. The van der Waals surface area contributed by atoms with E-state index in [9.17, 15) is 5.11 Å². The fourth-order valence-corrected chi connectivity index (χ4v) is 1.72. The molecule has 2 N–H and O–H groups in total. The van der Waals surface area contributed by atoms with Gasteiger partial charge in [-0.2, -0.15) is 4.98 Å². The van der Waals surface area contributed by atoms with Gasteiger partial charge in [-0.15, -0.1) is 0 Å². The maximum Gasteiger partial charge on any atom is 0.213 e. The number of nitrogens with one attached hydrogen (secondary N) is 1. The lowest BCUT2D eigenvalue weighted by molar-refractivity contribution is 0.0290. The summed E-state index contributed by atoms with van der Waals surface area (Å²) in [5.41, 5.74) is 1.10. The van der Waals surface area contributed by atoms with Crippen molar-refractivity contribution in [1.29, 1.82) is 0 Å². The van der Waals surface area contributed by atoms with Crippen molar-refractivity contribution in [1.82, 2.24) is 15.5 Å². The largest absolute Gasteiger partial charge is 0.389 e. The summed E-state index contributed by atoms with van der Waals surface area (Å²) in [6.45, 7) is 1.99. The average molecular weight is 277 g/mol. The first-order valence-electron chi connectivity index (χ1n) is 6.60. The van der Waals surface area contributed by atoms with Crippen LogP contribution in [0.5, 0.6) is 0 Å². The SMILES string of the molecule is OC(CNCCc1ncon1)COCc1ccccc1. The fraction of sp³-hybridized carbons (Fsp3) is 0.429. The van der Waals surface area contributed by atoms with Crippen LogP contribution < -0.4 is 5.32 Å². The molecule has 6 nitrogen and oxygen atoms in total. The second-order valence-electron chi connectivity index (χ2n) is 4.46. The Morgan fingerprint density at radius 3 is 2.90 bits per heavy atom. The summed E-state index contributed by atoms with van der Waals surface area (Å²) in [6.07, 6.45) is 1.46. The van der Waals surface area contributed by atoms with E-state index in [1.165, 1.54) is 6.39 Å². The van der Waals surface area contributed by atoms with Gasteiger partial charge in [-0.1, -0.05) is 35.5 Å². The predicted molar refractivity (Wildman–Crippen MR) is 73.0 cm³/mol. The summed E-state index contributed by atoms with van der Waals surface area (Å²) >= 11 is 0. The summed E-state index contributed by atoms with van der Waals surface area (Å²) in [5, 5.41) is 16.6. The maximum atomic E-state index is 9.75. The van der Waals surface area contributed by atoms with E-state index in [1.54, 1.807) is 0 Å². The molecule has 1 heterocycles. The van der Waals surface area contributed by atoms with Crippen LogP contribution in [0.1, 0.15) is 11.4 Å². The van der Waals surface area contributed by atoms with Crippen LogP contribution in [-0.4, -0.2) is 41.0 Å². The lowest BCUT2D eigenvalue weighted by atomic mass is 10.2. The van der Waals surface area contributed by atoms with Crippen molar-refractivity contribution in [2.24, 2.45) is 0 Å². The van der Waals surface area contributed by atoms with Crippen LogP contribution in [0.25, 0.3) is 0 Å². The van der Waals surface area contributed by atoms with Crippen LogP contribution in [0.3, 0.4) is 0 Å². The third-order valence-electron chi connectivity index (χ3n) is 2.73. The fourth-order valence-electron chi connectivity index (χ4n) is 1.72. The molecular formula is C14H19N3O3. The molecule has 0 aliphatic heterocycles. The number of nitrogens with zero attached hydrogens (tertiary/aromatic N) is 2. The molecule has 0 spiro atoms. The second kappa shape index (κ2) is 8.42. The first kappa shape index (κ1) is 14.6. The minimum absolute atomic E-state index is 0.310. The van der Waals surface area contributed by atoms with Gasteiger partial charge in [0.2, 0.25) is 6.39 Å². The zero-order valence-electron chi connectivity index (χ0n) is 11.2. The lowest BCUT2D eigenvalue weighted by Gasteiger charge is -2.12. The Hall–Kier alpha value is -1.76. The lowest BCUT2D eigenvalue weighted by Crippen LogP contribution is -2.31. The molecule has 0 bridgehead atoms. The zero-order chi connectivity index (χ0) is 14.0. The van der Waals surface area contributed by atoms with Crippen molar-refractivity contribution < 1.29 is 14.4 Å². The van der Waals surface area contributed by atoms with E-state index in [2.05, 4.69) is 20.0 Å². The molecule has 2 aromatic rings. The van der Waals surface area contributed by atoms with Gasteiger partial charge in [-0.3, -0.25) is 0 Å². The first-order chi connectivity index (χ1) is 9.84. The molecule has 0 fully saturated rings. The third-order valence-corrected chi connectivity index (χ3v) is 2.73. The molecule has 6 heteroatoms. The Bertz CT molecular complexity index is 462. The molecule has 1 atom stereocenters. The number of aromatic nitrogens is 2. The predicted octanol–water partition coefficient (Wildman–Crippen LogP) is 0.779. The molecule has 108 valence electrons. The molecule has 1 aromatic carbocycles. The van der Waals surface area contributed by atoms with Crippen molar-refractivity contribution >= 4 is 0 Å². The van der Waals surface area contributed by atoms with Gasteiger partial charge in [0.05, 0.1) is 19.3 Å². The highest BCUT2D eigenvalue weighted by molar-refractivity contribution is 5.13. The van der Waals surface area contributed by atoms with Gasteiger partial charge in [0.15, 0.2) is 5.82 Å². The van der Waals surface area contributed by atoms with E-state index in [0.29, 0.717) is 38.5 Å². The Morgan fingerprint density at radius 1 is 1.30 bits per heavy atom. The molecule has 0 aliphatic rings. The first-order valence-corrected chi connectivity index (χ1v) is 6.60. The summed E-state index contributed by atoms with van der Waals surface area (Å²) in [6, 6.07) is 9.89. The van der Waals surface area contributed by atoms with Crippen molar-refractivity contribution in [3.8, 4) is 0 Å². The molecule has 0 amide bonds. The van der Waals surface area contributed by atoms with Gasteiger partial charge < -0.3 is 19.7 Å². The topological polar surface area (TPSA) is 80.4 Å². The quantitative estimate of drug-likeness (QED) is 0.659. The number of rotatable bonds is 9. The molecule has 2 rings (SSSR count). The summed E-state index contributed by atoms with van der Waals surface area (Å²) in [7, 11) is 0. The minimum atomic E-state index is -0.524. The van der Waals surface area contributed by atoms with Gasteiger partial charge in [0, 0.05) is 19.5 Å². The van der Waals surface area contributed by atoms with Crippen LogP contribution in [0.15, 0.2) is 41.2 Å². The van der Waals surface area contributed by atoms with Crippen LogP contribution in [0.4, 0.5) is 0 Å². The van der Waals surface area contributed by atoms with Crippen molar-refractivity contribution in [3.05, 3.63) is 48.1 Å². The van der Waals surface area contributed by atoms with E-state index < -0.39 is 6.10 Å². The number of aliphatic hydroxyl groups is 1. The Balaban J connectivity index is 1.51. The number of ether oxygens (including phenoxy) is 1. The van der Waals surface area contributed by atoms with E-state index in [4.69, 9.17) is 4.74 Å². The molecular weight excluding hydrogens is 258 g/mol. The number of aliphatic hydroxyl groups excluding tert-OH is 1. The summed E-state index contributed by atoms with van der Waals surface area (Å²) in [4.78, 5) is 3.91. The number of hydrogen-bond acceptors (Lipinski definition) is 6. The highest BCUT2D eigenvalue weighted by Crippen LogP contribution is 2.00. The molecule has 0 radical (unpaired) electrons. The highest BCUT2D eigenvalue weighted by Gasteiger charge is 2.04. The van der Waals surface area contributed by atoms with Gasteiger partial charge in [-0.05, 0) is 5.56 Å². The van der Waals surface area contributed by atoms with Gasteiger partial charge in [0.25, 0.3) is 0 Å². The molecule has 0 aliphatic carbocycles. The van der Waals surface area contributed by atoms with Gasteiger partial charge >= 0.3 is 0 Å². The molecule has 0 saturated carbocycles. The zero-order valence-corrected chi connectivity index (χ0v) is 11.2. The van der Waals surface area contributed by atoms with Crippen molar-refractivity contribution in [2.75, 3.05) is 19.7 Å². The van der Waals surface area contributed by atoms with Gasteiger partial charge in [-0.25, -0.2) is 0 Å². The van der Waals surface area contributed by atoms with E-state index in [-0.39, 0.29) is 0 Å². The Kier molecular flexibility index (Phi) is 6.16. The minimum Gasteiger partial charge on any atom is -0.389 e. The van der Waals surface area contributed by atoms with Crippen LogP contribution in [0, 0.1) is 0 Å². The highest BCUT2D eigenvalue weighted by atomic mass is 16.5. The van der Waals surface area contributed by atoms with E-state index in [1.807, 2.05) is 30.3 Å². The smallest absolute Gasteiger partial charge is 0.213 e. The number of benzene rings is 1. The van der Waals surface area contributed by atoms with Crippen LogP contribution in [0.2, 0.25) is 0 Å². The third kappa shape index (κ3) is 5.48. The maximum absolute atomic E-state index is 9.75. The average Bonchev–Trinajstić information content (AvgIpc) is 2.98. The van der Waals surface area contributed by atoms with E-state index in [0.717, 1.165) is 5.56 Å². The molecule has 20 heavy (non-hydrogen) atoms. The summed E-state index contributed by atoms with van der Waals surface area (Å²) in [5.74, 6) is 0.660. The monoisotopic (exact) mass is 277 g/mol. The van der Waals surface area contributed by atoms with E-state index >= 15 is 0 Å². The number of hydrogen-bond donors (Lipinski definition) is 2. The van der Waals surface area contributed by atoms with Gasteiger partial charge in [0.1, 0.15) is 0 Å². The van der Waals surface area contributed by atoms with Crippen LogP contribution in [-0.2, 0) is 17.8 Å². The molecule has 1 unspecified atom stereocenters. The Morgan fingerprint density at radius 2 is 2.15 bits per heavy atom. The Labute approximate surface area is 117 Å². The normalized spacial score (nSPS) is 12.4. The second-order valence-corrected chi connectivity index (χ2v) is 4.46. The standard InChI is InChI=1S/C14H19N3O3/c18-13(8-15-7-6-14-16-11-20-17-14)10-19-9-12-4-2-1-3-5-12/h1-5,11,13,15,18H,6-10H2. The van der Waals surface area contributed by atoms with Crippen LogP contribution >= 0.6 is 0 Å². The molecule has 1 aromatic heterocycles. The van der Waals surface area contributed by atoms with Crippen molar-refractivity contribution in [2.45, 2.75) is 19.1 Å².